The first-order valence-electron chi connectivity index (χ1n) is 10.1. The summed E-state index contributed by atoms with van der Waals surface area (Å²) in [5, 5.41) is 3.35. The van der Waals surface area contributed by atoms with Crippen molar-refractivity contribution in [2.45, 2.75) is 32.1 Å². The second-order valence-corrected chi connectivity index (χ2v) is 7.25. The van der Waals surface area contributed by atoms with Gasteiger partial charge in [0.1, 0.15) is 5.75 Å². The molecule has 29 heavy (non-hydrogen) atoms. The van der Waals surface area contributed by atoms with Crippen molar-refractivity contribution in [1.29, 1.82) is 0 Å². The minimum Gasteiger partial charge on any atom is -0.484 e. The quantitative estimate of drug-likeness (QED) is 0.573. The van der Waals surface area contributed by atoms with Gasteiger partial charge in [-0.05, 0) is 31.0 Å². The molecule has 0 amide bonds. The molecule has 3 rings (SSSR count). The van der Waals surface area contributed by atoms with E-state index in [-0.39, 0.29) is 5.75 Å². The molecule has 0 radical (unpaired) electrons. The van der Waals surface area contributed by atoms with E-state index < -0.39 is 12.8 Å². The topological polar surface area (TPSA) is 49.3 Å². The molecule has 1 N–H and O–H groups in total. The van der Waals surface area contributed by atoms with Crippen molar-refractivity contribution >= 4 is 5.96 Å². The van der Waals surface area contributed by atoms with E-state index in [9.17, 15) is 13.2 Å². The minimum absolute atomic E-state index is 0.204. The van der Waals surface area contributed by atoms with Crippen LogP contribution in [0.25, 0.3) is 0 Å². The van der Waals surface area contributed by atoms with E-state index in [1.54, 1.807) is 24.3 Å². The van der Waals surface area contributed by atoms with Crippen molar-refractivity contribution < 1.29 is 22.6 Å². The lowest BCUT2D eigenvalue weighted by Crippen LogP contribution is -2.46. The van der Waals surface area contributed by atoms with Crippen LogP contribution in [-0.2, 0) is 11.3 Å². The van der Waals surface area contributed by atoms with Crippen LogP contribution in [0.3, 0.4) is 0 Å². The van der Waals surface area contributed by atoms with Crippen LogP contribution in [0.15, 0.2) is 29.3 Å². The normalized spacial score (nSPS) is 21.4. The van der Waals surface area contributed by atoms with Crippen molar-refractivity contribution in [2.75, 3.05) is 52.5 Å². The van der Waals surface area contributed by atoms with Gasteiger partial charge in [-0.3, -0.25) is 4.90 Å². The van der Waals surface area contributed by atoms with Crippen LogP contribution in [0.4, 0.5) is 13.2 Å². The standard InChI is InChI=1S/C20H29F3N4O2/c1-2-24-19(27-8-7-17(14-27)26-9-11-28-12-10-26)25-13-16-3-5-18(6-4-16)29-15-20(21,22)23/h3-6,17H,2,7-15H2,1H3,(H,24,25). The number of rotatable bonds is 6. The number of ether oxygens (including phenoxy) is 2. The molecule has 1 unspecified atom stereocenters. The van der Waals surface area contributed by atoms with Crippen LogP contribution in [0.1, 0.15) is 18.9 Å². The first-order chi connectivity index (χ1) is 13.9. The summed E-state index contributed by atoms with van der Waals surface area (Å²) in [4.78, 5) is 9.50. The molecule has 0 spiro atoms. The molecule has 9 heteroatoms. The van der Waals surface area contributed by atoms with E-state index in [0.717, 1.165) is 63.9 Å². The smallest absolute Gasteiger partial charge is 0.422 e. The molecule has 6 nitrogen and oxygen atoms in total. The monoisotopic (exact) mass is 414 g/mol. The Morgan fingerprint density at radius 1 is 1.21 bits per heavy atom. The summed E-state index contributed by atoms with van der Waals surface area (Å²) in [5.41, 5.74) is 0.920. The Hall–Kier alpha value is -2.00. The summed E-state index contributed by atoms with van der Waals surface area (Å²) >= 11 is 0. The Bertz CT molecular complexity index is 661. The Balaban J connectivity index is 1.55. The molecular formula is C20H29F3N4O2. The zero-order chi connectivity index (χ0) is 20.7. The lowest BCUT2D eigenvalue weighted by molar-refractivity contribution is -0.153. The van der Waals surface area contributed by atoms with E-state index in [0.29, 0.717) is 12.6 Å². The Morgan fingerprint density at radius 3 is 2.59 bits per heavy atom. The van der Waals surface area contributed by atoms with Crippen molar-refractivity contribution in [2.24, 2.45) is 4.99 Å². The Morgan fingerprint density at radius 2 is 1.93 bits per heavy atom. The number of alkyl halides is 3. The van der Waals surface area contributed by atoms with Crippen molar-refractivity contribution in [3.8, 4) is 5.75 Å². The largest absolute Gasteiger partial charge is 0.484 e. The van der Waals surface area contributed by atoms with E-state index in [1.165, 1.54) is 0 Å². The van der Waals surface area contributed by atoms with Crippen LogP contribution in [0, 0.1) is 0 Å². The van der Waals surface area contributed by atoms with Crippen molar-refractivity contribution in [1.82, 2.24) is 15.1 Å². The summed E-state index contributed by atoms with van der Waals surface area (Å²) in [6, 6.07) is 7.12. The third-order valence-corrected chi connectivity index (χ3v) is 5.10. The second-order valence-electron chi connectivity index (χ2n) is 7.25. The fourth-order valence-corrected chi connectivity index (χ4v) is 3.62. The molecule has 2 aliphatic heterocycles. The van der Waals surface area contributed by atoms with Gasteiger partial charge >= 0.3 is 6.18 Å². The highest BCUT2D eigenvalue weighted by Gasteiger charge is 2.30. The number of hydrogen-bond donors (Lipinski definition) is 1. The van der Waals surface area contributed by atoms with Gasteiger partial charge in [-0.2, -0.15) is 13.2 Å². The van der Waals surface area contributed by atoms with Crippen molar-refractivity contribution in [3.63, 3.8) is 0 Å². The van der Waals surface area contributed by atoms with Gasteiger partial charge in [0.25, 0.3) is 0 Å². The highest BCUT2D eigenvalue weighted by molar-refractivity contribution is 5.80. The van der Waals surface area contributed by atoms with Crippen molar-refractivity contribution in [3.05, 3.63) is 29.8 Å². The van der Waals surface area contributed by atoms with Crippen LogP contribution >= 0.6 is 0 Å². The van der Waals surface area contributed by atoms with Crippen LogP contribution in [-0.4, -0.2) is 80.5 Å². The molecule has 162 valence electrons. The highest BCUT2D eigenvalue weighted by atomic mass is 19.4. The fraction of sp³-hybridized carbons (Fsp3) is 0.650. The maximum Gasteiger partial charge on any atom is 0.422 e. The number of likely N-dealkylation sites (tertiary alicyclic amines) is 1. The predicted octanol–water partition coefficient (Wildman–Crippen LogP) is 2.50. The number of nitrogens with one attached hydrogen (secondary N) is 1. The molecule has 2 heterocycles. The maximum atomic E-state index is 12.2. The number of halogens is 3. The lowest BCUT2D eigenvalue weighted by Gasteiger charge is -2.32. The second kappa shape index (κ2) is 10.2. The molecule has 2 fully saturated rings. The molecule has 1 aromatic rings. The summed E-state index contributed by atoms with van der Waals surface area (Å²) in [6.07, 6.45) is -3.23. The average molecular weight is 414 g/mol. The highest BCUT2D eigenvalue weighted by Crippen LogP contribution is 2.20. The van der Waals surface area contributed by atoms with Crippen LogP contribution in [0.2, 0.25) is 0 Å². The van der Waals surface area contributed by atoms with Gasteiger partial charge in [0.2, 0.25) is 0 Å². The van der Waals surface area contributed by atoms with Gasteiger partial charge in [0.15, 0.2) is 12.6 Å². The third-order valence-electron chi connectivity index (χ3n) is 5.10. The number of hydrogen-bond acceptors (Lipinski definition) is 4. The summed E-state index contributed by atoms with van der Waals surface area (Å²) in [7, 11) is 0. The molecule has 1 atom stereocenters. The molecule has 0 bridgehead atoms. The fourth-order valence-electron chi connectivity index (χ4n) is 3.62. The van der Waals surface area contributed by atoms with Crippen LogP contribution < -0.4 is 10.1 Å². The number of guanidine groups is 1. The van der Waals surface area contributed by atoms with E-state index in [4.69, 9.17) is 14.5 Å². The Labute approximate surface area is 169 Å². The average Bonchev–Trinajstić information content (AvgIpc) is 3.20. The molecule has 0 saturated carbocycles. The molecule has 2 saturated heterocycles. The SMILES string of the molecule is CCNC(=NCc1ccc(OCC(F)(F)F)cc1)N1CCC(N2CCOCC2)C1. The van der Waals surface area contributed by atoms with E-state index in [2.05, 4.69) is 15.1 Å². The molecular weight excluding hydrogens is 385 g/mol. The lowest BCUT2D eigenvalue weighted by atomic mass is 10.2. The van der Waals surface area contributed by atoms with E-state index in [1.807, 2.05) is 6.92 Å². The third kappa shape index (κ3) is 6.78. The number of morpholine rings is 1. The predicted molar refractivity (Wildman–Crippen MR) is 105 cm³/mol. The molecule has 2 aliphatic rings. The summed E-state index contributed by atoms with van der Waals surface area (Å²) in [6.45, 7) is 7.45. The minimum atomic E-state index is -4.33. The maximum absolute atomic E-state index is 12.2. The zero-order valence-electron chi connectivity index (χ0n) is 16.7. The van der Waals surface area contributed by atoms with Gasteiger partial charge in [-0.1, -0.05) is 12.1 Å². The number of benzene rings is 1. The van der Waals surface area contributed by atoms with Crippen LogP contribution in [0.5, 0.6) is 5.75 Å². The molecule has 0 aromatic heterocycles. The van der Waals surface area contributed by atoms with Gasteiger partial charge in [0, 0.05) is 38.8 Å². The number of nitrogens with zero attached hydrogens (tertiary/aromatic N) is 3. The van der Waals surface area contributed by atoms with E-state index >= 15 is 0 Å². The Kier molecular flexibility index (Phi) is 7.60. The first kappa shape index (κ1) is 21.7. The van der Waals surface area contributed by atoms with Gasteiger partial charge in [-0.25, -0.2) is 4.99 Å². The van der Waals surface area contributed by atoms with Gasteiger partial charge in [0.05, 0.1) is 19.8 Å². The zero-order valence-corrected chi connectivity index (χ0v) is 16.7. The summed E-state index contributed by atoms with van der Waals surface area (Å²) in [5.74, 6) is 1.08. The molecule has 1 aromatic carbocycles. The first-order valence-corrected chi connectivity index (χ1v) is 10.1. The van der Waals surface area contributed by atoms with Gasteiger partial charge < -0.3 is 19.7 Å². The summed E-state index contributed by atoms with van der Waals surface area (Å²) < 4.78 is 46.9. The number of aliphatic imine (C=N–C) groups is 1. The molecule has 0 aliphatic carbocycles. The van der Waals surface area contributed by atoms with Gasteiger partial charge in [-0.15, -0.1) is 0 Å².